The van der Waals surface area contributed by atoms with Gasteiger partial charge in [0.25, 0.3) is 5.91 Å². The van der Waals surface area contributed by atoms with Gasteiger partial charge in [0.05, 0.1) is 11.3 Å². The van der Waals surface area contributed by atoms with Gasteiger partial charge in [-0.2, -0.15) is 0 Å². The van der Waals surface area contributed by atoms with Crippen molar-refractivity contribution in [3.63, 3.8) is 0 Å². The molecule has 1 aromatic heterocycles. The van der Waals surface area contributed by atoms with Gasteiger partial charge in [-0.1, -0.05) is 41.6 Å². The van der Waals surface area contributed by atoms with Crippen LogP contribution in [-0.4, -0.2) is 38.9 Å². The summed E-state index contributed by atoms with van der Waals surface area (Å²) in [6.45, 7) is 4.69. The Kier molecular flexibility index (Phi) is 8.24. The number of hydrogen-bond donors (Lipinski definition) is 2. The summed E-state index contributed by atoms with van der Waals surface area (Å²) in [5.41, 5.74) is 1.48. The lowest BCUT2D eigenvalue weighted by atomic mass is 10.2. The number of anilines is 1. The van der Waals surface area contributed by atoms with Crippen LogP contribution in [-0.2, 0) is 17.8 Å². The average Bonchev–Trinajstić information content (AvgIpc) is 3.17. The number of nitrogens with one attached hydrogen (secondary N) is 2. The van der Waals surface area contributed by atoms with Gasteiger partial charge in [0.15, 0.2) is 5.16 Å². The quantitative estimate of drug-likeness (QED) is 0.455. The molecular formula is C22H23ClFN5O2S. The number of amides is 2. The summed E-state index contributed by atoms with van der Waals surface area (Å²) in [4.78, 5) is 24.5. The van der Waals surface area contributed by atoms with Crippen LogP contribution in [0.15, 0.2) is 47.6 Å². The SMILES string of the molecule is CCn1c(CCNC(=O)c2ccccc2F)nnc1SCC(=O)Nc1cccc(Cl)c1C. The van der Waals surface area contributed by atoms with E-state index in [0.29, 0.717) is 34.7 Å². The number of carbonyl (C=O) groups is 2. The van der Waals surface area contributed by atoms with E-state index in [1.54, 1.807) is 24.3 Å². The van der Waals surface area contributed by atoms with Gasteiger partial charge in [0, 0.05) is 30.2 Å². The molecule has 0 aliphatic rings. The fraction of sp³-hybridized carbons (Fsp3) is 0.273. The van der Waals surface area contributed by atoms with Gasteiger partial charge in [-0.25, -0.2) is 4.39 Å². The molecule has 0 bridgehead atoms. The van der Waals surface area contributed by atoms with E-state index in [2.05, 4.69) is 20.8 Å². The van der Waals surface area contributed by atoms with E-state index in [1.807, 2.05) is 18.4 Å². The molecule has 2 amide bonds. The first-order valence-electron chi connectivity index (χ1n) is 10.0. The van der Waals surface area contributed by atoms with Crippen molar-refractivity contribution in [2.75, 3.05) is 17.6 Å². The van der Waals surface area contributed by atoms with Crippen molar-refractivity contribution in [1.29, 1.82) is 0 Å². The highest BCUT2D eigenvalue weighted by atomic mass is 35.5. The van der Waals surface area contributed by atoms with Crippen LogP contribution < -0.4 is 10.6 Å². The van der Waals surface area contributed by atoms with Gasteiger partial charge < -0.3 is 15.2 Å². The molecule has 0 spiro atoms. The number of aromatic nitrogens is 3. The second kappa shape index (κ2) is 11.1. The zero-order valence-electron chi connectivity index (χ0n) is 17.7. The van der Waals surface area contributed by atoms with Crippen LogP contribution in [0.5, 0.6) is 0 Å². The molecule has 1 heterocycles. The summed E-state index contributed by atoms with van der Waals surface area (Å²) < 4.78 is 15.6. The van der Waals surface area contributed by atoms with Crippen molar-refractivity contribution in [2.45, 2.75) is 32.0 Å². The monoisotopic (exact) mass is 475 g/mol. The first kappa shape index (κ1) is 23.7. The number of benzene rings is 2. The first-order valence-corrected chi connectivity index (χ1v) is 11.4. The Morgan fingerprint density at radius 3 is 2.69 bits per heavy atom. The Morgan fingerprint density at radius 2 is 1.94 bits per heavy atom. The van der Waals surface area contributed by atoms with Gasteiger partial charge in [-0.15, -0.1) is 10.2 Å². The van der Waals surface area contributed by atoms with Gasteiger partial charge in [0.1, 0.15) is 11.6 Å². The molecular weight excluding hydrogens is 453 g/mol. The number of halogens is 2. The van der Waals surface area contributed by atoms with Crippen molar-refractivity contribution in [1.82, 2.24) is 20.1 Å². The predicted molar refractivity (Wildman–Crippen MR) is 124 cm³/mol. The van der Waals surface area contributed by atoms with E-state index in [4.69, 9.17) is 11.6 Å². The molecule has 0 unspecified atom stereocenters. The minimum absolute atomic E-state index is 0.00153. The minimum atomic E-state index is -0.563. The summed E-state index contributed by atoms with van der Waals surface area (Å²) in [7, 11) is 0. The van der Waals surface area contributed by atoms with E-state index in [-0.39, 0.29) is 23.8 Å². The van der Waals surface area contributed by atoms with Gasteiger partial charge in [0.2, 0.25) is 5.91 Å². The molecule has 10 heteroatoms. The summed E-state index contributed by atoms with van der Waals surface area (Å²) in [5.74, 6) is -0.381. The highest BCUT2D eigenvalue weighted by molar-refractivity contribution is 7.99. The topological polar surface area (TPSA) is 88.9 Å². The molecule has 0 atom stereocenters. The van der Waals surface area contributed by atoms with Crippen molar-refractivity contribution in [3.8, 4) is 0 Å². The van der Waals surface area contributed by atoms with E-state index in [1.165, 1.54) is 30.0 Å². The van der Waals surface area contributed by atoms with Crippen LogP contribution in [0.3, 0.4) is 0 Å². The van der Waals surface area contributed by atoms with Crippen LogP contribution in [0.2, 0.25) is 5.02 Å². The van der Waals surface area contributed by atoms with Crippen LogP contribution >= 0.6 is 23.4 Å². The molecule has 168 valence electrons. The zero-order valence-corrected chi connectivity index (χ0v) is 19.3. The molecule has 2 N–H and O–H groups in total. The van der Waals surface area contributed by atoms with E-state index < -0.39 is 11.7 Å². The predicted octanol–water partition coefficient (Wildman–Crippen LogP) is 4.10. The van der Waals surface area contributed by atoms with Gasteiger partial charge in [-0.3, -0.25) is 9.59 Å². The Hall–Kier alpha value is -2.91. The van der Waals surface area contributed by atoms with Gasteiger partial charge >= 0.3 is 0 Å². The summed E-state index contributed by atoms with van der Waals surface area (Å²) >= 11 is 7.37. The second-order valence-corrected chi connectivity index (χ2v) is 8.23. The summed E-state index contributed by atoms with van der Waals surface area (Å²) in [6.07, 6.45) is 0.426. The maximum atomic E-state index is 13.7. The lowest BCUT2D eigenvalue weighted by Gasteiger charge is -2.10. The lowest BCUT2D eigenvalue weighted by Crippen LogP contribution is -2.27. The normalized spacial score (nSPS) is 10.8. The average molecular weight is 476 g/mol. The maximum Gasteiger partial charge on any atom is 0.254 e. The highest BCUT2D eigenvalue weighted by Gasteiger charge is 2.15. The van der Waals surface area contributed by atoms with Crippen LogP contribution in [0.1, 0.15) is 28.7 Å². The standard InChI is InChI=1S/C22H23ClFN5O2S/c1-3-29-19(11-12-25-21(31)15-7-4-5-9-17(15)24)27-28-22(29)32-13-20(30)26-18-10-6-8-16(23)14(18)2/h4-10H,3,11-13H2,1-2H3,(H,25,31)(H,26,30). The Balaban J connectivity index is 1.54. The van der Waals surface area contributed by atoms with Crippen molar-refractivity contribution in [3.05, 3.63) is 70.3 Å². The Labute approximate surface area is 194 Å². The number of hydrogen-bond acceptors (Lipinski definition) is 5. The molecule has 0 saturated heterocycles. The third kappa shape index (κ3) is 5.86. The zero-order chi connectivity index (χ0) is 23.1. The van der Waals surface area contributed by atoms with Crippen molar-refractivity contribution in [2.24, 2.45) is 0 Å². The Bertz CT molecular complexity index is 1120. The third-order valence-corrected chi connectivity index (χ3v) is 6.11. The Morgan fingerprint density at radius 1 is 1.16 bits per heavy atom. The van der Waals surface area contributed by atoms with E-state index in [0.717, 1.165) is 5.56 Å². The number of thioether (sulfide) groups is 1. The molecule has 3 rings (SSSR count). The van der Waals surface area contributed by atoms with Crippen molar-refractivity contribution < 1.29 is 14.0 Å². The molecule has 3 aromatic rings. The summed E-state index contributed by atoms with van der Waals surface area (Å²) in [6, 6.07) is 11.2. The molecule has 0 radical (unpaired) electrons. The molecule has 0 aliphatic carbocycles. The lowest BCUT2D eigenvalue weighted by molar-refractivity contribution is -0.113. The number of rotatable bonds is 9. The number of nitrogens with zero attached hydrogens (tertiary/aromatic N) is 3. The van der Waals surface area contributed by atoms with E-state index in [9.17, 15) is 14.0 Å². The smallest absolute Gasteiger partial charge is 0.254 e. The highest BCUT2D eigenvalue weighted by Crippen LogP contribution is 2.24. The number of carbonyl (C=O) groups excluding carboxylic acids is 2. The molecule has 0 saturated carbocycles. The largest absolute Gasteiger partial charge is 0.351 e. The third-order valence-electron chi connectivity index (χ3n) is 4.74. The molecule has 0 fully saturated rings. The fourth-order valence-electron chi connectivity index (χ4n) is 3.02. The summed E-state index contributed by atoms with van der Waals surface area (Å²) in [5, 5.41) is 15.1. The first-order chi connectivity index (χ1) is 15.4. The van der Waals surface area contributed by atoms with Crippen molar-refractivity contribution >= 4 is 40.9 Å². The molecule has 7 nitrogen and oxygen atoms in total. The second-order valence-electron chi connectivity index (χ2n) is 6.88. The van der Waals surface area contributed by atoms with Gasteiger partial charge in [-0.05, 0) is 43.7 Å². The van der Waals surface area contributed by atoms with E-state index >= 15 is 0 Å². The van der Waals surface area contributed by atoms with Crippen LogP contribution in [0.25, 0.3) is 0 Å². The minimum Gasteiger partial charge on any atom is -0.351 e. The fourth-order valence-corrected chi connectivity index (χ4v) is 4.01. The van der Waals surface area contributed by atoms with Crippen LogP contribution in [0, 0.1) is 12.7 Å². The molecule has 2 aromatic carbocycles. The molecule has 0 aliphatic heterocycles. The maximum absolute atomic E-state index is 13.7. The van der Waals surface area contributed by atoms with Crippen LogP contribution in [0.4, 0.5) is 10.1 Å². The molecule has 32 heavy (non-hydrogen) atoms.